The van der Waals surface area contributed by atoms with Gasteiger partial charge in [0, 0.05) is 85.1 Å². The topological polar surface area (TPSA) is 216 Å². The van der Waals surface area contributed by atoms with Crippen molar-refractivity contribution < 1.29 is 60.5 Å². The third-order valence-electron chi connectivity index (χ3n) is 15.4. The smallest absolute Gasteiger partial charge is 0.276 e. The van der Waals surface area contributed by atoms with Gasteiger partial charge in [0.25, 0.3) is 21.9 Å². The summed E-state index contributed by atoms with van der Waals surface area (Å²) in [6.45, 7) is 7.86. The van der Waals surface area contributed by atoms with E-state index in [-0.39, 0.29) is 55.3 Å². The van der Waals surface area contributed by atoms with E-state index in [1.807, 2.05) is 65.7 Å². The first kappa shape index (κ1) is 59.6. The Balaban J connectivity index is 0.926. The number of methoxy groups -OCH3 is 3. The second-order valence-corrected chi connectivity index (χ2v) is 26.5. The SMILES string of the molecule is COCCOCCOCCN(CC(C)(C)SSCCC(C(=O)NC1CCC1)S(=O)(=O)O)c1cc(COc2cc3c(cc2OC)C(=O)N2c4ccccc4C[C@H]2C=N3)cc(COc2cc3c(cc2OC)C(=O)N2c4ccccc4C[C@H]2CN3)c1. The van der Waals surface area contributed by atoms with Crippen LogP contribution in [0.15, 0.2) is 96.0 Å². The Bertz CT molecular complexity index is 3320. The van der Waals surface area contributed by atoms with Crippen LogP contribution in [0.3, 0.4) is 0 Å². The molecule has 0 saturated heterocycles. The van der Waals surface area contributed by atoms with E-state index in [4.69, 9.17) is 38.2 Å². The quantitative estimate of drug-likeness (QED) is 0.0242. The molecule has 442 valence electrons. The van der Waals surface area contributed by atoms with Crippen LogP contribution in [0.1, 0.15) is 82.5 Å². The molecule has 22 heteroatoms. The molecule has 4 heterocycles. The lowest BCUT2D eigenvalue weighted by atomic mass is 9.93. The van der Waals surface area contributed by atoms with Gasteiger partial charge in [0.2, 0.25) is 5.91 Å². The van der Waals surface area contributed by atoms with Crippen LogP contribution in [0.25, 0.3) is 0 Å². The molecule has 3 N–H and O–H groups in total. The molecule has 0 radical (unpaired) electrons. The monoisotopic (exact) mass is 1190 g/mol. The summed E-state index contributed by atoms with van der Waals surface area (Å²) in [5, 5.41) is 4.75. The van der Waals surface area contributed by atoms with Crippen molar-refractivity contribution in [2.75, 3.05) is 99.8 Å². The molecule has 1 unspecified atom stereocenters. The van der Waals surface area contributed by atoms with Crippen LogP contribution in [0.5, 0.6) is 23.0 Å². The molecular formula is C61H72N6O13S3. The maximum atomic E-state index is 14.3. The molecule has 5 aromatic carbocycles. The Morgan fingerprint density at radius 1 is 0.795 bits per heavy atom. The summed E-state index contributed by atoms with van der Waals surface area (Å²) in [5.74, 6) is 0.928. The molecule has 1 saturated carbocycles. The lowest BCUT2D eigenvalue weighted by Crippen LogP contribution is -2.47. The molecule has 4 aliphatic heterocycles. The van der Waals surface area contributed by atoms with Crippen molar-refractivity contribution in [1.82, 2.24) is 5.32 Å². The van der Waals surface area contributed by atoms with E-state index in [0.29, 0.717) is 105 Å². The van der Waals surface area contributed by atoms with E-state index in [1.165, 1.54) is 17.9 Å². The van der Waals surface area contributed by atoms with Gasteiger partial charge >= 0.3 is 0 Å². The average Bonchev–Trinajstić information content (AvgIpc) is 3.11. The van der Waals surface area contributed by atoms with Crippen molar-refractivity contribution in [2.24, 2.45) is 4.99 Å². The van der Waals surface area contributed by atoms with Crippen molar-refractivity contribution in [2.45, 2.75) is 93.7 Å². The third-order valence-corrected chi connectivity index (χ3v) is 19.9. The highest BCUT2D eigenvalue weighted by Gasteiger charge is 2.40. The van der Waals surface area contributed by atoms with Crippen molar-refractivity contribution >= 4 is 84.1 Å². The van der Waals surface area contributed by atoms with E-state index >= 15 is 0 Å². The number of carbonyl (C=O) groups is 3. The minimum Gasteiger partial charge on any atom is -0.493 e. The van der Waals surface area contributed by atoms with Gasteiger partial charge < -0.3 is 53.6 Å². The number of aliphatic imine (C=N–C) groups is 1. The van der Waals surface area contributed by atoms with Crippen LogP contribution in [0, 0.1) is 0 Å². The van der Waals surface area contributed by atoms with E-state index in [1.54, 1.807) is 48.1 Å². The third kappa shape index (κ3) is 14.0. The Kier molecular flexibility index (Phi) is 19.1. The van der Waals surface area contributed by atoms with E-state index < -0.39 is 26.0 Å². The summed E-state index contributed by atoms with van der Waals surface area (Å²) in [4.78, 5) is 52.3. The Hall–Kier alpha value is -6.53. The summed E-state index contributed by atoms with van der Waals surface area (Å²) in [5.41, 5.74) is 8.38. The highest BCUT2D eigenvalue weighted by Crippen LogP contribution is 2.44. The van der Waals surface area contributed by atoms with Crippen molar-refractivity contribution in [1.29, 1.82) is 0 Å². The van der Waals surface area contributed by atoms with Crippen molar-refractivity contribution in [3.8, 4) is 23.0 Å². The van der Waals surface area contributed by atoms with Crippen LogP contribution in [0.4, 0.5) is 28.4 Å². The van der Waals surface area contributed by atoms with Gasteiger partial charge in [-0.1, -0.05) is 58.0 Å². The molecule has 83 heavy (non-hydrogen) atoms. The summed E-state index contributed by atoms with van der Waals surface area (Å²) < 4.78 is 76.5. The Morgan fingerprint density at radius 3 is 2.08 bits per heavy atom. The van der Waals surface area contributed by atoms with Crippen LogP contribution in [-0.4, -0.2) is 145 Å². The molecule has 1 fully saturated rings. The Morgan fingerprint density at radius 2 is 1.42 bits per heavy atom. The van der Waals surface area contributed by atoms with Gasteiger partial charge in [0.1, 0.15) is 13.2 Å². The zero-order chi connectivity index (χ0) is 58.3. The number of carbonyl (C=O) groups excluding carboxylic acids is 3. The molecule has 1 aliphatic carbocycles. The molecule has 0 aromatic heterocycles. The first-order valence-corrected chi connectivity index (χ1v) is 31.8. The number of amides is 3. The zero-order valence-corrected chi connectivity index (χ0v) is 49.9. The van der Waals surface area contributed by atoms with Crippen molar-refractivity contribution in [3.63, 3.8) is 0 Å². The van der Waals surface area contributed by atoms with Gasteiger partial charge in [-0.3, -0.25) is 28.8 Å². The summed E-state index contributed by atoms with van der Waals surface area (Å²) in [6.07, 6.45) is 5.70. The fourth-order valence-corrected chi connectivity index (χ4v) is 14.6. The first-order valence-electron chi connectivity index (χ1n) is 28.0. The normalized spacial score (nSPS) is 17.4. The van der Waals surface area contributed by atoms with Crippen LogP contribution in [-0.2, 0) is 55.2 Å². The number of fused-ring (bicyclic) bond motifs is 8. The highest BCUT2D eigenvalue weighted by molar-refractivity contribution is 8.77. The molecule has 10 rings (SSSR count). The van der Waals surface area contributed by atoms with E-state index in [9.17, 15) is 27.4 Å². The van der Waals surface area contributed by atoms with Gasteiger partial charge in [0.15, 0.2) is 28.2 Å². The number of ether oxygens (including phenoxy) is 7. The highest BCUT2D eigenvalue weighted by atomic mass is 33.1. The molecule has 0 bridgehead atoms. The number of hydrogen-bond acceptors (Lipinski definition) is 17. The minimum atomic E-state index is -4.63. The predicted octanol–water partition coefficient (Wildman–Crippen LogP) is 9.11. The fraction of sp³-hybridized carbons (Fsp3) is 0.443. The number of nitrogens with one attached hydrogen (secondary N) is 2. The van der Waals surface area contributed by atoms with Gasteiger partial charge in [0.05, 0.1) is 81.8 Å². The molecule has 3 amide bonds. The lowest BCUT2D eigenvalue weighted by molar-refractivity contribution is -0.122. The average molecular weight is 1190 g/mol. The van der Waals surface area contributed by atoms with Gasteiger partial charge in [-0.2, -0.15) is 8.42 Å². The number of hydrogen-bond donors (Lipinski definition) is 3. The maximum Gasteiger partial charge on any atom is 0.276 e. The molecule has 5 aliphatic rings. The van der Waals surface area contributed by atoms with Crippen LogP contribution < -0.4 is 44.3 Å². The second-order valence-electron chi connectivity index (χ2n) is 21.8. The molecule has 3 atom stereocenters. The van der Waals surface area contributed by atoms with Crippen LogP contribution >= 0.6 is 21.6 Å². The fourth-order valence-electron chi connectivity index (χ4n) is 11.1. The van der Waals surface area contributed by atoms with Crippen molar-refractivity contribution in [3.05, 3.63) is 124 Å². The molecule has 5 aromatic rings. The summed E-state index contributed by atoms with van der Waals surface area (Å²) >= 11 is 0. The number of anilines is 4. The zero-order valence-electron chi connectivity index (χ0n) is 47.4. The number of para-hydroxylation sites is 2. The van der Waals surface area contributed by atoms with Gasteiger partial charge in [-0.05, 0) is 111 Å². The molecular weight excluding hydrogens is 1120 g/mol. The van der Waals surface area contributed by atoms with Crippen LogP contribution in [0.2, 0.25) is 0 Å². The first-order chi connectivity index (χ1) is 40.1. The van der Waals surface area contributed by atoms with E-state index in [2.05, 4.69) is 47.6 Å². The van der Waals surface area contributed by atoms with Gasteiger partial charge in [-0.25, -0.2) is 0 Å². The number of nitrogens with zero attached hydrogens (tertiary/aromatic N) is 4. The van der Waals surface area contributed by atoms with Gasteiger partial charge in [-0.15, -0.1) is 0 Å². The maximum absolute atomic E-state index is 14.3. The minimum absolute atomic E-state index is 0.0550. The predicted molar refractivity (Wildman–Crippen MR) is 325 cm³/mol. The standard InChI is InChI=1S/C61H72N6O13S3/c1-61(2,82-81-24-17-57(83(71,72)73)58(68)64-43-13-10-14-43)38-65(18-19-77-22-23-78-21-20-74-3)44-26-39(36-79-55-32-49-47(30-53(55)75-4)59(69)66-45(34-62-49)28-41-11-6-8-15-51(41)66)25-40(27-44)37-80-56-33-50-48(31-54(56)76-5)60(70)67-46(35-63-50)29-42-12-7-9-16-52(42)67/h6-9,11-12,15-16,25-27,30-34,43,45-46,57,63H,10,13-14,17-24,28-29,35-38H2,1-5H3,(H,64,68)(H,71,72,73)/t45-,46-,57?/m0/s1. The largest absolute Gasteiger partial charge is 0.493 e. The molecule has 19 nitrogen and oxygen atoms in total. The summed E-state index contributed by atoms with van der Waals surface area (Å²) in [6, 6.07) is 28.7. The number of benzene rings is 5. The molecule has 0 spiro atoms. The second kappa shape index (κ2) is 26.6. The summed E-state index contributed by atoms with van der Waals surface area (Å²) in [7, 11) is 3.08. The number of rotatable bonds is 28. The van der Waals surface area contributed by atoms with E-state index in [0.717, 1.165) is 65.0 Å². The lowest BCUT2D eigenvalue weighted by Gasteiger charge is -2.34. The Labute approximate surface area is 493 Å².